The summed E-state index contributed by atoms with van der Waals surface area (Å²) in [7, 11) is 1.98. The maximum absolute atomic E-state index is 13.0. The predicted molar refractivity (Wildman–Crippen MR) is 107 cm³/mol. The zero-order valence-corrected chi connectivity index (χ0v) is 15.6. The van der Waals surface area contributed by atoms with Crippen molar-refractivity contribution in [3.63, 3.8) is 0 Å². The lowest BCUT2D eigenvalue weighted by atomic mass is 10.1. The molecule has 5 nitrogen and oxygen atoms in total. The van der Waals surface area contributed by atoms with Gasteiger partial charge in [-0.2, -0.15) is 0 Å². The van der Waals surface area contributed by atoms with Crippen LogP contribution in [0.1, 0.15) is 11.4 Å². The number of amides is 1. The van der Waals surface area contributed by atoms with Crippen LogP contribution in [0.15, 0.2) is 60.9 Å². The van der Waals surface area contributed by atoms with Crippen LogP contribution in [0.3, 0.4) is 0 Å². The largest absolute Gasteiger partial charge is 0.331 e. The maximum Gasteiger partial charge on any atom is 0.229 e. The number of nitrogens with zero attached hydrogens (tertiary/aromatic N) is 3. The zero-order chi connectivity index (χ0) is 19.7. The van der Waals surface area contributed by atoms with Crippen LogP contribution in [-0.2, 0) is 18.3 Å². The van der Waals surface area contributed by atoms with Gasteiger partial charge in [-0.25, -0.2) is 14.4 Å². The van der Waals surface area contributed by atoms with E-state index in [1.165, 1.54) is 12.1 Å². The molecule has 0 atom stereocenters. The number of pyridine rings is 1. The second kappa shape index (κ2) is 7.23. The van der Waals surface area contributed by atoms with E-state index < -0.39 is 0 Å². The van der Waals surface area contributed by atoms with Crippen LogP contribution in [0.4, 0.5) is 10.2 Å². The Bertz CT molecular complexity index is 1170. The van der Waals surface area contributed by atoms with Crippen LogP contribution in [0, 0.1) is 12.7 Å². The van der Waals surface area contributed by atoms with Crippen molar-refractivity contribution in [2.75, 3.05) is 5.32 Å². The zero-order valence-electron chi connectivity index (χ0n) is 15.6. The molecule has 0 bridgehead atoms. The minimum Gasteiger partial charge on any atom is -0.331 e. The lowest BCUT2D eigenvalue weighted by Gasteiger charge is -2.08. The molecule has 6 heteroatoms. The van der Waals surface area contributed by atoms with Gasteiger partial charge in [0.2, 0.25) is 5.91 Å². The van der Waals surface area contributed by atoms with Gasteiger partial charge in [-0.05, 0) is 42.1 Å². The van der Waals surface area contributed by atoms with Crippen molar-refractivity contribution in [2.45, 2.75) is 13.3 Å². The third-order valence-electron chi connectivity index (χ3n) is 4.78. The number of anilines is 1. The second-order valence-electron chi connectivity index (χ2n) is 6.73. The average Bonchev–Trinajstić information content (AvgIpc) is 3.02. The molecule has 0 saturated carbocycles. The van der Waals surface area contributed by atoms with E-state index >= 15 is 0 Å². The molecule has 0 fully saturated rings. The number of nitrogens with one attached hydrogen (secondary N) is 1. The number of hydrogen-bond acceptors (Lipinski definition) is 3. The highest BCUT2D eigenvalue weighted by molar-refractivity contribution is 5.94. The summed E-state index contributed by atoms with van der Waals surface area (Å²) < 4.78 is 15.0. The Kier molecular flexibility index (Phi) is 4.61. The SMILES string of the molecule is Cc1ncc(-c2ccc3cnc(NC(=O)Cc4ccc(F)cc4)cc3c2)n1C. The molecule has 0 radical (unpaired) electrons. The number of imidazole rings is 1. The van der Waals surface area contributed by atoms with Gasteiger partial charge in [0.15, 0.2) is 0 Å². The van der Waals surface area contributed by atoms with E-state index in [4.69, 9.17) is 0 Å². The van der Waals surface area contributed by atoms with Crippen molar-refractivity contribution in [1.82, 2.24) is 14.5 Å². The molecule has 0 unspecified atom stereocenters. The van der Waals surface area contributed by atoms with Gasteiger partial charge in [0.1, 0.15) is 17.5 Å². The minimum atomic E-state index is -0.320. The second-order valence-corrected chi connectivity index (χ2v) is 6.73. The van der Waals surface area contributed by atoms with E-state index in [1.54, 1.807) is 18.3 Å². The molecule has 0 aliphatic rings. The summed E-state index contributed by atoms with van der Waals surface area (Å²) in [6.45, 7) is 1.96. The molecule has 4 rings (SSSR count). The van der Waals surface area contributed by atoms with Crippen molar-refractivity contribution in [1.29, 1.82) is 0 Å². The maximum atomic E-state index is 13.0. The fourth-order valence-electron chi connectivity index (χ4n) is 3.11. The summed E-state index contributed by atoms with van der Waals surface area (Å²) in [5, 5.41) is 4.77. The molecule has 0 aliphatic carbocycles. The van der Waals surface area contributed by atoms with Gasteiger partial charge in [-0.15, -0.1) is 0 Å². The van der Waals surface area contributed by atoms with E-state index in [9.17, 15) is 9.18 Å². The van der Waals surface area contributed by atoms with Gasteiger partial charge >= 0.3 is 0 Å². The average molecular weight is 374 g/mol. The Balaban J connectivity index is 1.57. The molecule has 0 aliphatic heterocycles. The molecule has 28 heavy (non-hydrogen) atoms. The highest BCUT2D eigenvalue weighted by Crippen LogP contribution is 2.25. The number of carbonyl (C=O) groups is 1. The van der Waals surface area contributed by atoms with Crippen LogP contribution in [-0.4, -0.2) is 20.4 Å². The number of halogens is 1. The number of fused-ring (bicyclic) bond motifs is 1. The fourth-order valence-corrected chi connectivity index (χ4v) is 3.11. The van der Waals surface area contributed by atoms with Gasteiger partial charge < -0.3 is 9.88 Å². The van der Waals surface area contributed by atoms with E-state index in [-0.39, 0.29) is 18.1 Å². The lowest BCUT2D eigenvalue weighted by Crippen LogP contribution is -2.15. The summed E-state index contributed by atoms with van der Waals surface area (Å²) in [6.07, 6.45) is 3.75. The van der Waals surface area contributed by atoms with Crippen molar-refractivity contribution >= 4 is 22.5 Å². The third-order valence-corrected chi connectivity index (χ3v) is 4.78. The molecule has 2 aromatic carbocycles. The molecule has 4 aromatic rings. The molecule has 2 aromatic heterocycles. The van der Waals surface area contributed by atoms with E-state index in [2.05, 4.69) is 21.4 Å². The number of rotatable bonds is 4. The highest BCUT2D eigenvalue weighted by atomic mass is 19.1. The first-order valence-corrected chi connectivity index (χ1v) is 8.92. The number of aryl methyl sites for hydroxylation is 1. The number of hydrogen-bond donors (Lipinski definition) is 1. The Labute approximate surface area is 161 Å². The normalized spacial score (nSPS) is 11.0. The Morgan fingerprint density at radius 2 is 1.82 bits per heavy atom. The van der Waals surface area contributed by atoms with Gasteiger partial charge in [-0.3, -0.25) is 4.79 Å². The van der Waals surface area contributed by atoms with Crippen LogP contribution in [0.25, 0.3) is 22.0 Å². The molecule has 0 spiro atoms. The van der Waals surface area contributed by atoms with E-state index in [1.807, 2.05) is 42.9 Å². The van der Waals surface area contributed by atoms with E-state index in [0.29, 0.717) is 5.82 Å². The standard InChI is InChI=1S/C22H19FN4O/c1-14-24-13-20(27(14)2)16-5-6-17-12-25-21(11-18(17)10-16)26-22(28)9-15-3-7-19(23)8-4-15/h3-8,10-13H,9H2,1-2H3,(H,25,26,28). The van der Waals surface area contributed by atoms with Gasteiger partial charge in [0, 0.05) is 24.2 Å². The first-order valence-electron chi connectivity index (χ1n) is 8.92. The number of benzene rings is 2. The van der Waals surface area contributed by atoms with Crippen LogP contribution >= 0.6 is 0 Å². The molecule has 0 saturated heterocycles. The first kappa shape index (κ1) is 17.9. The topological polar surface area (TPSA) is 59.8 Å². The lowest BCUT2D eigenvalue weighted by molar-refractivity contribution is -0.115. The van der Waals surface area contributed by atoms with Crippen LogP contribution in [0.2, 0.25) is 0 Å². The number of aromatic nitrogens is 3. The Hall–Kier alpha value is -3.54. The summed E-state index contributed by atoms with van der Waals surface area (Å²) >= 11 is 0. The quantitative estimate of drug-likeness (QED) is 0.580. The third kappa shape index (κ3) is 3.62. The van der Waals surface area contributed by atoms with Crippen molar-refractivity contribution < 1.29 is 9.18 Å². The minimum absolute atomic E-state index is 0.161. The van der Waals surface area contributed by atoms with Crippen molar-refractivity contribution in [3.8, 4) is 11.3 Å². The first-order chi connectivity index (χ1) is 13.5. The Morgan fingerprint density at radius 1 is 1.04 bits per heavy atom. The Morgan fingerprint density at radius 3 is 2.54 bits per heavy atom. The molecule has 1 N–H and O–H groups in total. The van der Waals surface area contributed by atoms with Crippen LogP contribution in [0.5, 0.6) is 0 Å². The predicted octanol–water partition coefficient (Wildman–Crippen LogP) is 4.26. The number of carbonyl (C=O) groups excluding carboxylic acids is 1. The molecular formula is C22H19FN4O. The summed E-state index contributed by atoms with van der Waals surface area (Å²) in [6, 6.07) is 13.8. The van der Waals surface area contributed by atoms with Crippen molar-refractivity contribution in [3.05, 3.63) is 78.1 Å². The van der Waals surface area contributed by atoms with Gasteiger partial charge in [-0.1, -0.05) is 24.3 Å². The van der Waals surface area contributed by atoms with E-state index in [0.717, 1.165) is 33.4 Å². The highest BCUT2D eigenvalue weighted by Gasteiger charge is 2.09. The molecule has 140 valence electrons. The summed E-state index contributed by atoms with van der Waals surface area (Å²) in [5.74, 6) is 0.910. The fraction of sp³-hybridized carbons (Fsp3) is 0.136. The molecular weight excluding hydrogens is 355 g/mol. The van der Waals surface area contributed by atoms with Crippen LogP contribution < -0.4 is 5.32 Å². The molecule has 1 amide bonds. The van der Waals surface area contributed by atoms with Gasteiger partial charge in [0.05, 0.1) is 18.3 Å². The smallest absolute Gasteiger partial charge is 0.229 e. The summed E-state index contributed by atoms with van der Waals surface area (Å²) in [4.78, 5) is 20.9. The van der Waals surface area contributed by atoms with Crippen molar-refractivity contribution in [2.24, 2.45) is 7.05 Å². The van der Waals surface area contributed by atoms with Gasteiger partial charge in [0.25, 0.3) is 0 Å². The molecule has 2 heterocycles. The monoisotopic (exact) mass is 374 g/mol. The summed E-state index contributed by atoms with van der Waals surface area (Å²) in [5.41, 5.74) is 2.82.